The average Bonchev–Trinajstić information content (AvgIpc) is 2.31. The molecule has 0 aliphatic rings. The minimum Gasteiger partial charge on any atom is -0.359 e. The number of nitrogens with zero attached hydrogens (tertiary/aromatic N) is 2. The van der Waals surface area contributed by atoms with Gasteiger partial charge >= 0.3 is 0 Å². The van der Waals surface area contributed by atoms with Crippen molar-refractivity contribution in [2.75, 3.05) is 13.6 Å². The molecule has 0 atom stereocenters. The van der Waals surface area contributed by atoms with Crippen LogP contribution in [0, 0.1) is 6.92 Å². The molecule has 0 radical (unpaired) electrons. The Balaban J connectivity index is 2.11. The van der Waals surface area contributed by atoms with Crippen LogP contribution in [0.4, 0.5) is 0 Å². The highest BCUT2D eigenvalue weighted by atomic mass is 16.1. The fourth-order valence-corrected chi connectivity index (χ4v) is 1.23. The van der Waals surface area contributed by atoms with Crippen LogP contribution < -0.4 is 10.6 Å². The van der Waals surface area contributed by atoms with Gasteiger partial charge in [0.25, 0.3) is 0 Å². The van der Waals surface area contributed by atoms with Crippen molar-refractivity contribution in [1.29, 1.82) is 0 Å². The first kappa shape index (κ1) is 12.6. The molecule has 88 valence electrons. The zero-order chi connectivity index (χ0) is 11.8. The lowest BCUT2D eigenvalue weighted by molar-refractivity contribution is -0.120. The van der Waals surface area contributed by atoms with Crippen LogP contribution in [0.1, 0.15) is 24.2 Å². The van der Waals surface area contributed by atoms with Crippen LogP contribution in [0.25, 0.3) is 0 Å². The second-order valence-electron chi connectivity index (χ2n) is 3.60. The number of nitrogens with one attached hydrogen (secondary N) is 2. The number of carbonyl (C=O) groups excluding carboxylic acids is 1. The van der Waals surface area contributed by atoms with Crippen LogP contribution in [0.2, 0.25) is 0 Å². The first-order chi connectivity index (χ1) is 7.72. The SMILES string of the molecule is CNC(=O)CCCNCc1cnc(C)cn1. The van der Waals surface area contributed by atoms with Crippen LogP contribution in [-0.2, 0) is 11.3 Å². The molecule has 5 heteroatoms. The summed E-state index contributed by atoms with van der Waals surface area (Å²) in [5.41, 5.74) is 1.84. The lowest BCUT2D eigenvalue weighted by Crippen LogP contribution is -2.21. The predicted molar refractivity (Wildman–Crippen MR) is 61.8 cm³/mol. The Morgan fingerprint density at radius 1 is 1.38 bits per heavy atom. The highest BCUT2D eigenvalue weighted by molar-refractivity contribution is 5.75. The molecule has 1 aromatic heterocycles. The third kappa shape index (κ3) is 4.84. The van der Waals surface area contributed by atoms with Crippen molar-refractivity contribution in [3.63, 3.8) is 0 Å². The highest BCUT2D eigenvalue weighted by Crippen LogP contribution is 1.94. The fourth-order valence-electron chi connectivity index (χ4n) is 1.23. The Labute approximate surface area is 95.7 Å². The van der Waals surface area contributed by atoms with E-state index in [-0.39, 0.29) is 5.91 Å². The van der Waals surface area contributed by atoms with Crippen molar-refractivity contribution in [1.82, 2.24) is 20.6 Å². The molecule has 5 nitrogen and oxygen atoms in total. The monoisotopic (exact) mass is 222 g/mol. The van der Waals surface area contributed by atoms with Gasteiger partial charge in [0.1, 0.15) is 0 Å². The lowest BCUT2D eigenvalue weighted by Gasteiger charge is -2.03. The standard InChI is InChI=1S/C11H18N4O/c1-9-6-15-10(8-14-9)7-13-5-3-4-11(16)12-2/h6,8,13H,3-5,7H2,1-2H3,(H,12,16). The smallest absolute Gasteiger partial charge is 0.219 e. The van der Waals surface area contributed by atoms with Gasteiger partial charge in [-0.3, -0.25) is 14.8 Å². The molecule has 0 saturated heterocycles. The van der Waals surface area contributed by atoms with E-state index in [1.807, 2.05) is 6.92 Å². The fraction of sp³-hybridized carbons (Fsp3) is 0.545. The highest BCUT2D eigenvalue weighted by Gasteiger charge is 1.98. The lowest BCUT2D eigenvalue weighted by atomic mass is 10.3. The van der Waals surface area contributed by atoms with Crippen LogP contribution in [0.5, 0.6) is 0 Å². The van der Waals surface area contributed by atoms with Crippen LogP contribution >= 0.6 is 0 Å². The maximum Gasteiger partial charge on any atom is 0.219 e. The second kappa shape index (κ2) is 6.90. The topological polar surface area (TPSA) is 66.9 Å². The summed E-state index contributed by atoms with van der Waals surface area (Å²) in [6.07, 6.45) is 4.91. The van der Waals surface area contributed by atoms with Gasteiger partial charge in [-0.15, -0.1) is 0 Å². The number of hydrogen-bond donors (Lipinski definition) is 2. The summed E-state index contributed by atoms with van der Waals surface area (Å²) in [4.78, 5) is 19.3. The Morgan fingerprint density at radius 3 is 2.81 bits per heavy atom. The van der Waals surface area contributed by atoms with Crippen LogP contribution in [0.15, 0.2) is 12.4 Å². The summed E-state index contributed by atoms with van der Waals surface area (Å²) in [7, 11) is 1.65. The van der Waals surface area contributed by atoms with E-state index in [4.69, 9.17) is 0 Å². The van der Waals surface area contributed by atoms with Gasteiger partial charge in [-0.1, -0.05) is 0 Å². The summed E-state index contributed by atoms with van der Waals surface area (Å²) >= 11 is 0. The largest absolute Gasteiger partial charge is 0.359 e. The number of aryl methyl sites for hydroxylation is 1. The van der Waals surface area contributed by atoms with Crippen molar-refractivity contribution in [2.24, 2.45) is 0 Å². The van der Waals surface area contributed by atoms with Crippen LogP contribution in [0.3, 0.4) is 0 Å². The Morgan fingerprint density at radius 2 is 2.19 bits per heavy atom. The predicted octanol–water partition coefficient (Wildman–Crippen LogP) is 0.401. The minimum absolute atomic E-state index is 0.0805. The number of aromatic nitrogens is 2. The van der Waals surface area contributed by atoms with E-state index in [9.17, 15) is 4.79 Å². The molecular formula is C11H18N4O. The molecule has 0 aliphatic heterocycles. The normalized spacial score (nSPS) is 10.1. The van der Waals surface area contributed by atoms with E-state index in [0.29, 0.717) is 13.0 Å². The molecule has 1 amide bonds. The molecule has 0 fully saturated rings. The molecule has 0 bridgehead atoms. The van der Waals surface area contributed by atoms with Crippen molar-refractivity contribution in [3.05, 3.63) is 23.8 Å². The van der Waals surface area contributed by atoms with E-state index in [1.54, 1.807) is 19.4 Å². The van der Waals surface area contributed by atoms with Crippen molar-refractivity contribution < 1.29 is 4.79 Å². The number of hydrogen-bond acceptors (Lipinski definition) is 4. The van der Waals surface area contributed by atoms with E-state index in [2.05, 4.69) is 20.6 Å². The molecule has 0 spiro atoms. The van der Waals surface area contributed by atoms with Gasteiger partial charge < -0.3 is 10.6 Å². The van der Waals surface area contributed by atoms with Crippen molar-refractivity contribution in [2.45, 2.75) is 26.3 Å². The van der Waals surface area contributed by atoms with Crippen molar-refractivity contribution in [3.8, 4) is 0 Å². The van der Waals surface area contributed by atoms with Gasteiger partial charge in [0.15, 0.2) is 0 Å². The maximum atomic E-state index is 10.9. The average molecular weight is 222 g/mol. The summed E-state index contributed by atoms with van der Waals surface area (Å²) < 4.78 is 0. The minimum atomic E-state index is 0.0805. The molecule has 1 heterocycles. The maximum absolute atomic E-state index is 10.9. The third-order valence-electron chi connectivity index (χ3n) is 2.18. The molecule has 1 aromatic rings. The van der Waals surface area contributed by atoms with E-state index >= 15 is 0 Å². The summed E-state index contributed by atoms with van der Waals surface area (Å²) in [5.74, 6) is 0.0805. The molecule has 0 aromatic carbocycles. The first-order valence-corrected chi connectivity index (χ1v) is 5.41. The molecule has 0 saturated carbocycles. The van der Waals surface area contributed by atoms with E-state index in [0.717, 1.165) is 24.4 Å². The van der Waals surface area contributed by atoms with Gasteiger partial charge in [-0.2, -0.15) is 0 Å². The summed E-state index contributed by atoms with van der Waals surface area (Å²) in [6, 6.07) is 0. The molecule has 0 aliphatic carbocycles. The zero-order valence-corrected chi connectivity index (χ0v) is 9.79. The quantitative estimate of drug-likeness (QED) is 0.684. The summed E-state index contributed by atoms with van der Waals surface area (Å²) in [5, 5.41) is 5.81. The Bertz CT molecular complexity index is 323. The summed E-state index contributed by atoms with van der Waals surface area (Å²) in [6.45, 7) is 3.41. The van der Waals surface area contributed by atoms with E-state index < -0.39 is 0 Å². The Hall–Kier alpha value is -1.49. The van der Waals surface area contributed by atoms with Gasteiger partial charge in [0, 0.05) is 32.4 Å². The van der Waals surface area contributed by atoms with Gasteiger partial charge in [-0.05, 0) is 19.9 Å². The number of amides is 1. The zero-order valence-electron chi connectivity index (χ0n) is 9.79. The number of carbonyl (C=O) groups is 1. The van der Waals surface area contributed by atoms with Gasteiger partial charge in [-0.25, -0.2) is 0 Å². The second-order valence-corrected chi connectivity index (χ2v) is 3.60. The molecule has 1 rings (SSSR count). The first-order valence-electron chi connectivity index (χ1n) is 5.41. The molecule has 16 heavy (non-hydrogen) atoms. The molecule has 2 N–H and O–H groups in total. The van der Waals surface area contributed by atoms with Crippen LogP contribution in [-0.4, -0.2) is 29.5 Å². The van der Waals surface area contributed by atoms with Gasteiger partial charge in [0.2, 0.25) is 5.91 Å². The molecular weight excluding hydrogens is 204 g/mol. The van der Waals surface area contributed by atoms with E-state index in [1.165, 1.54) is 0 Å². The Kier molecular flexibility index (Phi) is 5.42. The van der Waals surface area contributed by atoms with Crippen molar-refractivity contribution >= 4 is 5.91 Å². The number of rotatable bonds is 6. The van der Waals surface area contributed by atoms with Gasteiger partial charge in [0.05, 0.1) is 11.4 Å². The molecule has 0 unspecified atom stereocenters. The third-order valence-corrected chi connectivity index (χ3v) is 2.18.